The van der Waals surface area contributed by atoms with Gasteiger partial charge in [0.25, 0.3) is 0 Å². The standard InChI is InChI=1S/C8H8O3S/c9-8-2-1-6-4-12(10,11)5-7(6)3-8/h1-3,9H,4-5H2. The lowest BCUT2D eigenvalue weighted by molar-refractivity contribution is 0.474. The van der Waals surface area contributed by atoms with Gasteiger partial charge in [-0.1, -0.05) is 6.07 Å². The summed E-state index contributed by atoms with van der Waals surface area (Å²) in [6.45, 7) is 0. The van der Waals surface area contributed by atoms with Crippen molar-refractivity contribution in [2.24, 2.45) is 0 Å². The number of hydrogen-bond acceptors (Lipinski definition) is 3. The van der Waals surface area contributed by atoms with Gasteiger partial charge in [-0.05, 0) is 23.3 Å². The van der Waals surface area contributed by atoms with Gasteiger partial charge >= 0.3 is 0 Å². The van der Waals surface area contributed by atoms with E-state index < -0.39 is 9.84 Å². The summed E-state index contributed by atoms with van der Waals surface area (Å²) in [5.41, 5.74) is 1.54. The number of aromatic hydroxyl groups is 1. The molecule has 12 heavy (non-hydrogen) atoms. The van der Waals surface area contributed by atoms with Crippen LogP contribution in [0, 0.1) is 0 Å². The van der Waals surface area contributed by atoms with Crippen molar-refractivity contribution in [2.45, 2.75) is 11.5 Å². The summed E-state index contributed by atoms with van der Waals surface area (Å²) in [5.74, 6) is 0.310. The molecule has 1 aromatic rings. The Bertz CT molecular complexity index is 420. The van der Waals surface area contributed by atoms with Crippen LogP contribution in [0.4, 0.5) is 0 Å². The molecule has 1 N–H and O–H groups in total. The first kappa shape index (κ1) is 7.61. The molecule has 4 heteroatoms. The van der Waals surface area contributed by atoms with Gasteiger partial charge in [-0.15, -0.1) is 0 Å². The Hall–Kier alpha value is -1.03. The minimum Gasteiger partial charge on any atom is -0.508 e. The molecule has 64 valence electrons. The molecular weight excluding hydrogens is 176 g/mol. The number of benzene rings is 1. The van der Waals surface area contributed by atoms with Gasteiger partial charge in [-0.25, -0.2) is 8.42 Å². The van der Waals surface area contributed by atoms with Crippen LogP contribution >= 0.6 is 0 Å². The fourth-order valence-corrected chi connectivity index (χ4v) is 3.01. The van der Waals surface area contributed by atoms with Crippen molar-refractivity contribution in [2.75, 3.05) is 0 Å². The van der Waals surface area contributed by atoms with Crippen molar-refractivity contribution < 1.29 is 13.5 Å². The lowest BCUT2D eigenvalue weighted by Gasteiger charge is -1.95. The number of rotatable bonds is 0. The van der Waals surface area contributed by atoms with Gasteiger partial charge in [-0.2, -0.15) is 0 Å². The summed E-state index contributed by atoms with van der Waals surface area (Å²) in [4.78, 5) is 0. The molecule has 0 bridgehead atoms. The van der Waals surface area contributed by atoms with E-state index >= 15 is 0 Å². The molecule has 3 nitrogen and oxygen atoms in total. The van der Waals surface area contributed by atoms with E-state index in [9.17, 15) is 8.42 Å². The van der Waals surface area contributed by atoms with Gasteiger partial charge in [-0.3, -0.25) is 0 Å². The highest BCUT2D eigenvalue weighted by atomic mass is 32.2. The molecule has 0 fully saturated rings. The van der Waals surface area contributed by atoms with Crippen LogP contribution < -0.4 is 0 Å². The third kappa shape index (κ3) is 1.18. The third-order valence-electron chi connectivity index (χ3n) is 1.94. The molecular formula is C8H8O3S. The molecule has 2 rings (SSSR count). The first-order chi connectivity index (χ1) is 5.57. The van der Waals surface area contributed by atoms with Crippen molar-refractivity contribution >= 4 is 9.84 Å². The predicted octanol–water partition coefficient (Wildman–Crippen LogP) is 0.821. The van der Waals surface area contributed by atoms with Crippen molar-refractivity contribution in [1.29, 1.82) is 0 Å². The van der Waals surface area contributed by atoms with Gasteiger partial charge in [0.2, 0.25) is 0 Å². The Balaban J connectivity index is 2.56. The van der Waals surface area contributed by atoms with Crippen LogP contribution in [0.3, 0.4) is 0 Å². The summed E-state index contributed by atoms with van der Waals surface area (Å²) >= 11 is 0. The van der Waals surface area contributed by atoms with Crippen LogP contribution in [0.5, 0.6) is 5.75 Å². The van der Waals surface area contributed by atoms with Crippen LogP contribution in [0.2, 0.25) is 0 Å². The number of phenolic OH excluding ortho intramolecular Hbond substituents is 1. The molecule has 0 saturated heterocycles. The molecule has 1 heterocycles. The molecule has 0 amide bonds. The summed E-state index contributed by atoms with van der Waals surface area (Å²) < 4.78 is 22.2. The quantitative estimate of drug-likeness (QED) is 0.649. The van der Waals surface area contributed by atoms with Crippen molar-refractivity contribution in [1.82, 2.24) is 0 Å². The minimum absolute atomic E-state index is 0.0662. The van der Waals surface area contributed by atoms with Gasteiger partial charge in [0, 0.05) is 0 Å². The lowest BCUT2D eigenvalue weighted by Crippen LogP contribution is -1.95. The van der Waals surface area contributed by atoms with Gasteiger partial charge in [0.1, 0.15) is 5.75 Å². The van der Waals surface area contributed by atoms with Gasteiger partial charge in [0.15, 0.2) is 9.84 Å². The smallest absolute Gasteiger partial charge is 0.158 e. The van der Waals surface area contributed by atoms with Crippen LogP contribution in [0.25, 0.3) is 0 Å². The minimum atomic E-state index is -2.93. The van der Waals surface area contributed by atoms with Crippen LogP contribution in [0.15, 0.2) is 18.2 Å². The molecule has 0 unspecified atom stereocenters. The maximum atomic E-state index is 11.1. The van der Waals surface area contributed by atoms with Crippen LogP contribution in [-0.4, -0.2) is 13.5 Å². The fourth-order valence-electron chi connectivity index (χ4n) is 1.41. The zero-order valence-corrected chi connectivity index (χ0v) is 7.13. The maximum Gasteiger partial charge on any atom is 0.158 e. The van der Waals surface area contributed by atoms with Gasteiger partial charge < -0.3 is 5.11 Å². The second-order valence-corrected chi connectivity index (χ2v) is 5.05. The molecule has 0 spiro atoms. The van der Waals surface area contributed by atoms with Crippen LogP contribution in [-0.2, 0) is 21.3 Å². The van der Waals surface area contributed by atoms with Gasteiger partial charge in [0.05, 0.1) is 11.5 Å². The summed E-state index contributed by atoms with van der Waals surface area (Å²) in [6.07, 6.45) is 0. The molecule has 0 aromatic heterocycles. The van der Waals surface area contributed by atoms with E-state index in [2.05, 4.69) is 0 Å². The highest BCUT2D eigenvalue weighted by Crippen LogP contribution is 2.27. The molecule has 1 aliphatic heterocycles. The lowest BCUT2D eigenvalue weighted by atomic mass is 10.1. The monoisotopic (exact) mass is 184 g/mol. The molecule has 1 aliphatic rings. The second kappa shape index (κ2) is 2.23. The third-order valence-corrected chi connectivity index (χ3v) is 3.44. The number of sulfone groups is 1. The first-order valence-electron chi connectivity index (χ1n) is 3.58. The van der Waals surface area contributed by atoms with E-state index in [1.165, 1.54) is 12.1 Å². The summed E-state index contributed by atoms with van der Waals surface area (Å²) in [5, 5.41) is 9.07. The normalized spacial score (nSPS) is 19.0. The largest absolute Gasteiger partial charge is 0.508 e. The molecule has 0 saturated carbocycles. The van der Waals surface area contributed by atoms with Crippen molar-refractivity contribution in [3.05, 3.63) is 29.3 Å². The zero-order valence-electron chi connectivity index (χ0n) is 6.32. The van der Waals surface area contributed by atoms with E-state index in [0.717, 1.165) is 11.1 Å². The molecule has 0 atom stereocenters. The zero-order chi connectivity index (χ0) is 8.77. The van der Waals surface area contributed by atoms with Crippen molar-refractivity contribution in [3.63, 3.8) is 0 Å². The topological polar surface area (TPSA) is 54.4 Å². The number of fused-ring (bicyclic) bond motifs is 1. The Labute approximate surface area is 70.6 Å². The maximum absolute atomic E-state index is 11.1. The molecule has 0 radical (unpaired) electrons. The first-order valence-corrected chi connectivity index (χ1v) is 5.40. The second-order valence-electron chi connectivity index (χ2n) is 2.99. The Kier molecular flexibility index (Phi) is 1.41. The van der Waals surface area contributed by atoms with E-state index in [0.29, 0.717) is 0 Å². The van der Waals surface area contributed by atoms with E-state index in [-0.39, 0.29) is 17.3 Å². The highest BCUT2D eigenvalue weighted by Gasteiger charge is 2.24. The summed E-state index contributed by atoms with van der Waals surface area (Å²) in [6, 6.07) is 4.69. The Morgan fingerprint density at radius 3 is 2.58 bits per heavy atom. The van der Waals surface area contributed by atoms with Crippen LogP contribution in [0.1, 0.15) is 11.1 Å². The molecule has 0 aliphatic carbocycles. The average Bonchev–Trinajstić information content (AvgIpc) is 2.21. The predicted molar refractivity (Wildman–Crippen MR) is 44.4 cm³/mol. The van der Waals surface area contributed by atoms with Crippen molar-refractivity contribution in [3.8, 4) is 5.75 Å². The summed E-state index contributed by atoms with van der Waals surface area (Å²) in [7, 11) is -2.93. The van der Waals surface area contributed by atoms with E-state index in [1.807, 2.05) is 0 Å². The van der Waals surface area contributed by atoms with E-state index in [4.69, 9.17) is 5.11 Å². The molecule has 1 aromatic carbocycles. The Morgan fingerprint density at radius 2 is 1.83 bits per heavy atom. The Morgan fingerprint density at radius 1 is 1.17 bits per heavy atom. The highest BCUT2D eigenvalue weighted by molar-refractivity contribution is 7.90. The number of phenols is 1. The SMILES string of the molecule is O=S1(=O)Cc2ccc(O)cc2C1. The number of hydrogen-bond donors (Lipinski definition) is 1. The fraction of sp³-hybridized carbons (Fsp3) is 0.250. The van der Waals surface area contributed by atoms with E-state index in [1.54, 1.807) is 6.07 Å². The average molecular weight is 184 g/mol.